The number of phosphoric acid groups is 1. The van der Waals surface area contributed by atoms with E-state index in [0.29, 0.717) is 0 Å². The first kappa shape index (κ1) is 12.1. The van der Waals surface area contributed by atoms with Crippen LogP contribution in [-0.4, -0.2) is 22.4 Å². The van der Waals surface area contributed by atoms with Crippen molar-refractivity contribution in [2.75, 3.05) is 6.61 Å². The lowest BCUT2D eigenvalue weighted by molar-refractivity contribution is -0.132. The van der Waals surface area contributed by atoms with Crippen LogP contribution in [0.1, 0.15) is 0 Å². The summed E-state index contributed by atoms with van der Waals surface area (Å²) >= 11 is 0. The van der Waals surface area contributed by atoms with E-state index in [2.05, 4.69) is 15.8 Å². The van der Waals surface area contributed by atoms with Crippen LogP contribution in [0.15, 0.2) is 25.0 Å². The standard InChI is InChI=1S/C6H9O6P/c1-2-6(7)11-4-3-5-12-13(8,9)10/h2-4H,1,5H2,(H2,8,9,10). The van der Waals surface area contributed by atoms with Crippen LogP contribution in [0, 0.1) is 0 Å². The Hall–Kier alpha value is -0.940. The predicted molar refractivity (Wildman–Crippen MR) is 43.4 cm³/mol. The molecule has 2 N–H and O–H groups in total. The lowest BCUT2D eigenvalue weighted by Crippen LogP contribution is -1.93. The van der Waals surface area contributed by atoms with Crippen LogP contribution in [0.3, 0.4) is 0 Å². The van der Waals surface area contributed by atoms with E-state index in [-0.39, 0.29) is 6.61 Å². The molecule has 0 aromatic rings. The normalized spacial score (nSPS) is 11.5. The zero-order valence-corrected chi connectivity index (χ0v) is 7.52. The van der Waals surface area contributed by atoms with Crippen molar-refractivity contribution < 1.29 is 28.4 Å². The average Bonchev–Trinajstić information content (AvgIpc) is 2.01. The molecule has 0 atom stereocenters. The molecule has 0 aliphatic carbocycles. The van der Waals surface area contributed by atoms with Gasteiger partial charge in [0.25, 0.3) is 0 Å². The van der Waals surface area contributed by atoms with Gasteiger partial charge in [0.2, 0.25) is 0 Å². The minimum absolute atomic E-state index is 0.339. The quantitative estimate of drug-likeness (QED) is 0.293. The molecule has 7 heteroatoms. The molecule has 0 spiro atoms. The second kappa shape index (κ2) is 5.66. The van der Waals surface area contributed by atoms with Gasteiger partial charge in [-0.3, -0.25) is 4.52 Å². The van der Waals surface area contributed by atoms with Gasteiger partial charge >= 0.3 is 13.8 Å². The van der Waals surface area contributed by atoms with Crippen molar-refractivity contribution >= 4 is 13.8 Å². The Morgan fingerprint density at radius 2 is 2.15 bits per heavy atom. The Kier molecular flexibility index (Phi) is 5.25. The predicted octanol–water partition coefficient (Wildman–Crippen LogP) is 0.339. The van der Waals surface area contributed by atoms with Crippen LogP contribution in [0.25, 0.3) is 0 Å². The third kappa shape index (κ3) is 8.97. The fourth-order valence-corrected chi connectivity index (χ4v) is 0.623. The molecule has 0 amide bonds. The zero-order chi connectivity index (χ0) is 10.3. The van der Waals surface area contributed by atoms with E-state index < -0.39 is 13.8 Å². The van der Waals surface area contributed by atoms with Gasteiger partial charge in [0, 0.05) is 6.08 Å². The summed E-state index contributed by atoms with van der Waals surface area (Å²) in [7, 11) is -4.45. The number of rotatable bonds is 5. The van der Waals surface area contributed by atoms with Crippen molar-refractivity contribution in [1.82, 2.24) is 0 Å². The van der Waals surface area contributed by atoms with E-state index in [0.717, 1.165) is 18.4 Å². The molecular formula is C6H9O6P. The number of esters is 1. The number of ether oxygens (including phenoxy) is 1. The second-order valence-corrected chi connectivity index (χ2v) is 3.04. The summed E-state index contributed by atoms with van der Waals surface area (Å²) in [6, 6.07) is 0. The first-order valence-electron chi connectivity index (χ1n) is 3.14. The van der Waals surface area contributed by atoms with Crippen molar-refractivity contribution in [2.45, 2.75) is 0 Å². The SMILES string of the molecule is C=CC(=O)OC=CCOP(=O)(O)O. The lowest BCUT2D eigenvalue weighted by Gasteiger charge is -2.00. The molecule has 6 nitrogen and oxygen atoms in total. The molecule has 0 aromatic carbocycles. The highest BCUT2D eigenvalue weighted by molar-refractivity contribution is 7.46. The van der Waals surface area contributed by atoms with Gasteiger partial charge in [0.05, 0.1) is 12.9 Å². The van der Waals surface area contributed by atoms with Crippen molar-refractivity contribution in [3.05, 3.63) is 25.0 Å². The van der Waals surface area contributed by atoms with Crippen molar-refractivity contribution in [1.29, 1.82) is 0 Å². The van der Waals surface area contributed by atoms with Gasteiger partial charge in [-0.15, -0.1) is 0 Å². The average molecular weight is 208 g/mol. The van der Waals surface area contributed by atoms with Crippen LogP contribution in [-0.2, 0) is 18.6 Å². The summed E-state index contributed by atoms with van der Waals surface area (Å²) in [5.41, 5.74) is 0. The first-order chi connectivity index (χ1) is 5.95. The number of carbonyl (C=O) groups excluding carboxylic acids is 1. The summed E-state index contributed by atoms with van der Waals surface area (Å²) in [4.78, 5) is 26.8. The van der Waals surface area contributed by atoms with Gasteiger partial charge in [-0.25, -0.2) is 9.36 Å². The first-order valence-corrected chi connectivity index (χ1v) is 4.67. The van der Waals surface area contributed by atoms with Crippen molar-refractivity contribution in [2.24, 2.45) is 0 Å². The van der Waals surface area contributed by atoms with E-state index in [4.69, 9.17) is 9.79 Å². The lowest BCUT2D eigenvalue weighted by atomic mass is 10.6. The van der Waals surface area contributed by atoms with Gasteiger partial charge in [-0.2, -0.15) is 0 Å². The summed E-state index contributed by atoms with van der Waals surface area (Å²) in [6.07, 6.45) is 3.05. The molecule has 0 rings (SSSR count). The molecule has 0 saturated heterocycles. The highest BCUT2D eigenvalue weighted by Gasteiger charge is 2.11. The largest absolute Gasteiger partial charge is 0.469 e. The third-order valence-corrected chi connectivity index (χ3v) is 1.27. The van der Waals surface area contributed by atoms with Gasteiger partial charge in [-0.1, -0.05) is 6.58 Å². The van der Waals surface area contributed by atoms with Gasteiger partial charge in [0.15, 0.2) is 0 Å². The Balaban J connectivity index is 3.60. The van der Waals surface area contributed by atoms with E-state index in [1.807, 2.05) is 0 Å². The number of hydrogen-bond acceptors (Lipinski definition) is 4. The zero-order valence-electron chi connectivity index (χ0n) is 6.62. The molecule has 0 unspecified atom stereocenters. The monoisotopic (exact) mass is 208 g/mol. The molecule has 0 aromatic heterocycles. The van der Waals surface area contributed by atoms with Crippen LogP contribution in [0.4, 0.5) is 0 Å². The molecule has 0 radical (unpaired) electrons. The van der Waals surface area contributed by atoms with E-state index >= 15 is 0 Å². The Labute approximate surface area is 74.7 Å². The van der Waals surface area contributed by atoms with Gasteiger partial charge in [0.1, 0.15) is 0 Å². The fraction of sp³-hybridized carbons (Fsp3) is 0.167. The molecular weight excluding hydrogens is 199 g/mol. The summed E-state index contributed by atoms with van der Waals surface area (Å²) in [5, 5.41) is 0. The maximum atomic E-state index is 10.4. The molecule has 0 bridgehead atoms. The van der Waals surface area contributed by atoms with Crippen LogP contribution < -0.4 is 0 Å². The van der Waals surface area contributed by atoms with Crippen molar-refractivity contribution in [3.63, 3.8) is 0 Å². The van der Waals surface area contributed by atoms with Crippen LogP contribution in [0.2, 0.25) is 0 Å². The molecule has 0 heterocycles. The highest BCUT2D eigenvalue weighted by Crippen LogP contribution is 2.35. The van der Waals surface area contributed by atoms with Crippen LogP contribution in [0.5, 0.6) is 0 Å². The highest BCUT2D eigenvalue weighted by atomic mass is 31.2. The van der Waals surface area contributed by atoms with E-state index in [1.54, 1.807) is 0 Å². The van der Waals surface area contributed by atoms with Crippen LogP contribution >= 0.6 is 7.82 Å². The third-order valence-electron chi connectivity index (χ3n) is 0.786. The Morgan fingerprint density at radius 1 is 1.54 bits per heavy atom. The maximum absolute atomic E-state index is 10.4. The second-order valence-electron chi connectivity index (χ2n) is 1.80. The molecule has 13 heavy (non-hydrogen) atoms. The number of carbonyl (C=O) groups is 1. The summed E-state index contributed by atoms with van der Waals surface area (Å²) in [5.74, 6) is -0.660. The molecule has 0 fully saturated rings. The van der Waals surface area contributed by atoms with Gasteiger partial charge in [-0.05, 0) is 6.08 Å². The number of phosphoric ester groups is 1. The van der Waals surface area contributed by atoms with E-state index in [1.165, 1.54) is 0 Å². The minimum Gasteiger partial charge on any atom is -0.432 e. The molecule has 0 aliphatic heterocycles. The molecule has 0 aliphatic rings. The number of hydrogen-bond donors (Lipinski definition) is 2. The molecule has 74 valence electrons. The summed E-state index contributed by atoms with van der Waals surface area (Å²) < 4.78 is 18.4. The Bertz CT molecular complexity index is 252. The van der Waals surface area contributed by atoms with Crippen molar-refractivity contribution in [3.8, 4) is 0 Å². The summed E-state index contributed by atoms with van der Waals surface area (Å²) in [6.45, 7) is 2.80. The Morgan fingerprint density at radius 3 is 2.62 bits per heavy atom. The topological polar surface area (TPSA) is 93.1 Å². The molecule has 0 saturated carbocycles. The fourth-order valence-electron chi connectivity index (χ4n) is 0.343. The minimum atomic E-state index is -4.45. The van der Waals surface area contributed by atoms with Gasteiger partial charge < -0.3 is 14.5 Å². The maximum Gasteiger partial charge on any atom is 0.469 e. The smallest absolute Gasteiger partial charge is 0.432 e. The van der Waals surface area contributed by atoms with E-state index in [9.17, 15) is 9.36 Å².